The van der Waals surface area contributed by atoms with Gasteiger partial charge < -0.3 is 4.90 Å². The van der Waals surface area contributed by atoms with Crippen LogP contribution in [-0.4, -0.2) is 24.5 Å². The second-order valence-electron chi connectivity index (χ2n) is 5.23. The van der Waals surface area contributed by atoms with Gasteiger partial charge in [-0.05, 0) is 24.9 Å². The van der Waals surface area contributed by atoms with E-state index in [4.69, 9.17) is 11.6 Å². The SMILES string of the molecule is CCN1CC2CC2(c2cc(Cl)c(F)c(F)c2F)C1. The van der Waals surface area contributed by atoms with Gasteiger partial charge in [0, 0.05) is 24.1 Å². The van der Waals surface area contributed by atoms with Gasteiger partial charge in [-0.25, -0.2) is 13.2 Å². The average molecular weight is 276 g/mol. The van der Waals surface area contributed by atoms with Crippen molar-refractivity contribution in [3.63, 3.8) is 0 Å². The number of hydrogen-bond acceptors (Lipinski definition) is 1. The van der Waals surface area contributed by atoms with E-state index in [1.54, 1.807) is 0 Å². The van der Waals surface area contributed by atoms with E-state index >= 15 is 0 Å². The van der Waals surface area contributed by atoms with Crippen LogP contribution in [0.5, 0.6) is 0 Å². The third-order valence-corrected chi connectivity index (χ3v) is 4.58. The molecule has 1 heterocycles. The quantitative estimate of drug-likeness (QED) is 0.591. The van der Waals surface area contributed by atoms with Crippen molar-refractivity contribution in [1.82, 2.24) is 4.90 Å². The molecule has 2 aliphatic rings. The summed E-state index contributed by atoms with van der Waals surface area (Å²) in [7, 11) is 0. The maximum atomic E-state index is 13.9. The van der Waals surface area contributed by atoms with Crippen molar-refractivity contribution in [3.05, 3.63) is 34.1 Å². The number of fused-ring (bicyclic) bond motifs is 1. The summed E-state index contributed by atoms with van der Waals surface area (Å²) < 4.78 is 40.5. The zero-order valence-corrected chi connectivity index (χ0v) is 10.7. The van der Waals surface area contributed by atoms with Crippen LogP contribution in [0.4, 0.5) is 13.2 Å². The summed E-state index contributed by atoms with van der Waals surface area (Å²) in [5.41, 5.74) is -0.106. The zero-order chi connectivity index (χ0) is 13.1. The van der Waals surface area contributed by atoms with Gasteiger partial charge in [0.1, 0.15) is 0 Å². The monoisotopic (exact) mass is 275 g/mol. The molecule has 1 aromatic rings. The Morgan fingerprint density at radius 3 is 2.67 bits per heavy atom. The van der Waals surface area contributed by atoms with E-state index in [2.05, 4.69) is 4.90 Å². The summed E-state index contributed by atoms with van der Waals surface area (Å²) in [6, 6.07) is 1.26. The van der Waals surface area contributed by atoms with Crippen molar-refractivity contribution in [2.45, 2.75) is 18.8 Å². The first-order valence-corrected chi connectivity index (χ1v) is 6.43. The number of piperidine rings is 1. The van der Waals surface area contributed by atoms with Crippen molar-refractivity contribution >= 4 is 11.6 Å². The van der Waals surface area contributed by atoms with E-state index in [1.165, 1.54) is 6.07 Å². The van der Waals surface area contributed by atoms with Gasteiger partial charge in [0.15, 0.2) is 17.5 Å². The van der Waals surface area contributed by atoms with Crippen molar-refractivity contribution in [3.8, 4) is 0 Å². The topological polar surface area (TPSA) is 3.24 Å². The van der Waals surface area contributed by atoms with Gasteiger partial charge in [-0.15, -0.1) is 0 Å². The van der Waals surface area contributed by atoms with E-state index in [0.29, 0.717) is 12.5 Å². The van der Waals surface area contributed by atoms with E-state index in [-0.39, 0.29) is 16.0 Å². The minimum absolute atomic E-state index is 0.243. The molecule has 3 rings (SSSR count). The van der Waals surface area contributed by atoms with Crippen LogP contribution in [0.15, 0.2) is 6.07 Å². The molecule has 0 bridgehead atoms. The molecule has 1 saturated heterocycles. The van der Waals surface area contributed by atoms with Crippen LogP contribution < -0.4 is 0 Å². The van der Waals surface area contributed by atoms with Gasteiger partial charge in [-0.1, -0.05) is 18.5 Å². The molecule has 1 aliphatic carbocycles. The highest BCUT2D eigenvalue weighted by Crippen LogP contribution is 2.59. The van der Waals surface area contributed by atoms with Crippen LogP contribution in [-0.2, 0) is 5.41 Å². The van der Waals surface area contributed by atoms with Gasteiger partial charge in [-0.3, -0.25) is 0 Å². The lowest BCUT2D eigenvalue weighted by molar-refractivity contribution is 0.311. The number of rotatable bonds is 2. The fourth-order valence-electron chi connectivity index (χ4n) is 3.18. The second-order valence-corrected chi connectivity index (χ2v) is 5.64. The van der Waals surface area contributed by atoms with Gasteiger partial charge in [0.2, 0.25) is 0 Å². The molecule has 2 unspecified atom stereocenters. The van der Waals surface area contributed by atoms with E-state index in [9.17, 15) is 13.2 Å². The van der Waals surface area contributed by atoms with Crippen LogP contribution in [0.3, 0.4) is 0 Å². The zero-order valence-electron chi connectivity index (χ0n) is 9.94. The van der Waals surface area contributed by atoms with Crippen molar-refractivity contribution in [1.29, 1.82) is 0 Å². The van der Waals surface area contributed by atoms with Gasteiger partial charge in [0.05, 0.1) is 5.02 Å². The number of nitrogens with zero attached hydrogens (tertiary/aromatic N) is 1. The summed E-state index contributed by atoms with van der Waals surface area (Å²) in [6.45, 7) is 4.52. The van der Waals surface area contributed by atoms with Crippen molar-refractivity contribution in [2.24, 2.45) is 5.92 Å². The smallest absolute Gasteiger partial charge is 0.196 e. The summed E-state index contributed by atoms with van der Waals surface area (Å²) >= 11 is 5.62. The first-order chi connectivity index (χ1) is 8.49. The Hall–Kier alpha value is -0.740. The standard InChI is InChI=1S/C13H13ClF3N/c1-2-18-5-7-4-13(7,6-18)8-3-9(14)11(16)12(17)10(8)15/h3,7H,2,4-6H2,1H3. The lowest BCUT2D eigenvalue weighted by atomic mass is 9.94. The summed E-state index contributed by atoms with van der Waals surface area (Å²) in [6.07, 6.45) is 0.835. The number of likely N-dealkylation sites (N-methyl/N-ethyl adjacent to an activating group) is 1. The molecule has 0 radical (unpaired) electrons. The summed E-state index contributed by atoms with van der Waals surface area (Å²) in [4.78, 5) is 2.20. The molecule has 1 saturated carbocycles. The first-order valence-electron chi connectivity index (χ1n) is 6.05. The molecule has 2 atom stereocenters. The lowest BCUT2D eigenvalue weighted by Crippen LogP contribution is -2.27. The van der Waals surface area contributed by atoms with Crippen LogP contribution in [0.2, 0.25) is 5.02 Å². The predicted octanol–water partition coefficient (Wildman–Crippen LogP) is 3.35. The predicted molar refractivity (Wildman–Crippen MR) is 63.2 cm³/mol. The second kappa shape index (κ2) is 3.87. The molecule has 2 fully saturated rings. The largest absolute Gasteiger partial charge is 0.302 e. The van der Waals surface area contributed by atoms with Gasteiger partial charge in [-0.2, -0.15) is 0 Å². The molecule has 18 heavy (non-hydrogen) atoms. The van der Waals surface area contributed by atoms with E-state index in [0.717, 1.165) is 19.5 Å². The highest BCUT2D eigenvalue weighted by molar-refractivity contribution is 6.30. The molecule has 5 heteroatoms. The summed E-state index contributed by atoms with van der Waals surface area (Å²) in [5.74, 6) is -3.48. The third-order valence-electron chi connectivity index (χ3n) is 4.30. The van der Waals surface area contributed by atoms with Crippen LogP contribution in [0.25, 0.3) is 0 Å². The Kier molecular flexibility index (Phi) is 2.65. The molecule has 1 aromatic carbocycles. The van der Waals surface area contributed by atoms with Crippen molar-refractivity contribution in [2.75, 3.05) is 19.6 Å². The highest BCUT2D eigenvalue weighted by Gasteiger charge is 2.61. The van der Waals surface area contributed by atoms with E-state index < -0.39 is 17.5 Å². The molecule has 0 amide bonds. The lowest BCUT2D eigenvalue weighted by Gasteiger charge is -2.20. The Bertz CT molecular complexity index is 519. The molecule has 0 aromatic heterocycles. The fraction of sp³-hybridized carbons (Fsp3) is 0.538. The van der Waals surface area contributed by atoms with Gasteiger partial charge in [0.25, 0.3) is 0 Å². The number of halogens is 4. The maximum absolute atomic E-state index is 13.9. The van der Waals surface area contributed by atoms with Crippen molar-refractivity contribution < 1.29 is 13.2 Å². The molecular formula is C13H13ClF3N. The third kappa shape index (κ3) is 1.51. The minimum Gasteiger partial charge on any atom is -0.302 e. The highest BCUT2D eigenvalue weighted by atomic mass is 35.5. The molecule has 1 nitrogen and oxygen atoms in total. The van der Waals surface area contributed by atoms with Gasteiger partial charge >= 0.3 is 0 Å². The van der Waals surface area contributed by atoms with Crippen LogP contribution in [0.1, 0.15) is 18.9 Å². The number of hydrogen-bond donors (Lipinski definition) is 0. The Morgan fingerprint density at radius 2 is 2.06 bits per heavy atom. The minimum atomic E-state index is -1.45. The van der Waals surface area contributed by atoms with Crippen LogP contribution >= 0.6 is 11.6 Å². The number of likely N-dealkylation sites (tertiary alicyclic amines) is 1. The fourth-order valence-corrected chi connectivity index (χ4v) is 3.37. The molecular weight excluding hydrogens is 263 g/mol. The van der Waals surface area contributed by atoms with E-state index in [1.807, 2.05) is 6.92 Å². The normalized spacial score (nSPS) is 30.6. The number of benzene rings is 1. The molecule has 0 spiro atoms. The molecule has 98 valence electrons. The maximum Gasteiger partial charge on any atom is 0.196 e. The first kappa shape index (κ1) is 12.3. The Labute approximate surface area is 109 Å². The van der Waals surface area contributed by atoms with Crippen LogP contribution in [0, 0.1) is 23.4 Å². The Morgan fingerprint density at radius 1 is 1.33 bits per heavy atom. The molecule has 1 aliphatic heterocycles. The molecule has 0 N–H and O–H groups in total. The average Bonchev–Trinajstić information content (AvgIpc) is 2.93. The Balaban J connectivity index is 2.04. The summed E-state index contributed by atoms with van der Waals surface area (Å²) in [5, 5.41) is -0.334.